The first-order valence-electron chi connectivity index (χ1n) is 9.12. The van der Waals surface area contributed by atoms with Crippen molar-refractivity contribution < 1.29 is 14.4 Å². The monoisotopic (exact) mass is 437 g/mol. The summed E-state index contributed by atoms with van der Waals surface area (Å²) in [6.07, 6.45) is 1.56. The first-order chi connectivity index (χ1) is 14.7. The summed E-state index contributed by atoms with van der Waals surface area (Å²) in [7, 11) is 0. The fourth-order valence-corrected chi connectivity index (χ4v) is 5.34. The lowest BCUT2D eigenvalue weighted by atomic mass is 10.1. The maximum absolute atomic E-state index is 11.3. The van der Waals surface area contributed by atoms with Gasteiger partial charge in [0.15, 0.2) is 6.79 Å². The van der Waals surface area contributed by atoms with E-state index in [1.165, 1.54) is 17.8 Å². The largest absolute Gasteiger partial charge is 0.467 e. The number of aromatic nitrogens is 2. The molecule has 30 heavy (non-hydrogen) atoms. The van der Waals surface area contributed by atoms with Gasteiger partial charge in [-0.2, -0.15) is 0 Å². The van der Waals surface area contributed by atoms with E-state index in [1.807, 2.05) is 18.2 Å². The first kappa shape index (κ1) is 19.0. The van der Waals surface area contributed by atoms with E-state index in [1.54, 1.807) is 23.7 Å². The highest BCUT2D eigenvalue weighted by Crippen LogP contribution is 2.39. The van der Waals surface area contributed by atoms with Crippen molar-refractivity contribution in [1.82, 2.24) is 9.97 Å². The highest BCUT2D eigenvalue weighted by molar-refractivity contribution is 7.98. The second-order valence-electron chi connectivity index (χ2n) is 6.62. The van der Waals surface area contributed by atoms with E-state index >= 15 is 0 Å². The number of hydrogen-bond donors (Lipinski definition) is 0. The van der Waals surface area contributed by atoms with Crippen LogP contribution in [-0.2, 0) is 17.1 Å². The van der Waals surface area contributed by atoms with Crippen LogP contribution >= 0.6 is 23.1 Å². The van der Waals surface area contributed by atoms with Gasteiger partial charge in [-0.3, -0.25) is 10.1 Å². The van der Waals surface area contributed by atoms with Crippen molar-refractivity contribution in [3.8, 4) is 16.2 Å². The first-order valence-corrected chi connectivity index (χ1v) is 10.9. The zero-order chi connectivity index (χ0) is 20.5. The number of benzene rings is 2. The molecule has 0 N–H and O–H groups in total. The molecule has 2 aromatic heterocycles. The Bertz CT molecular complexity index is 1240. The Labute approximate surface area is 179 Å². The highest BCUT2D eigenvalue weighted by Gasteiger charge is 2.21. The molecular weight excluding hydrogens is 422 g/mol. The number of hydrogen-bond acceptors (Lipinski definition) is 8. The molecule has 5 rings (SSSR count). The molecule has 0 spiro atoms. The van der Waals surface area contributed by atoms with Crippen LogP contribution in [0.1, 0.15) is 11.1 Å². The lowest BCUT2D eigenvalue weighted by molar-refractivity contribution is -0.385. The summed E-state index contributed by atoms with van der Waals surface area (Å²) in [5.41, 5.74) is 2.63. The van der Waals surface area contributed by atoms with Gasteiger partial charge in [0.25, 0.3) is 5.69 Å². The maximum atomic E-state index is 11.3. The molecule has 0 fully saturated rings. The smallest absolute Gasteiger partial charge is 0.270 e. The van der Waals surface area contributed by atoms with E-state index in [9.17, 15) is 10.1 Å². The number of ether oxygens (including phenoxy) is 2. The zero-order valence-electron chi connectivity index (χ0n) is 15.6. The molecule has 1 aliphatic heterocycles. The molecule has 2 aromatic carbocycles. The third-order valence-corrected chi connectivity index (χ3v) is 6.84. The molecule has 1 aliphatic rings. The SMILES string of the molecule is O=[N+]([O-])c1cc2c(c(CSc3ncnc4sc(-c5ccccc5)cc34)c1)OCOC2. The molecule has 0 radical (unpaired) electrons. The van der Waals surface area contributed by atoms with Gasteiger partial charge in [0.2, 0.25) is 0 Å². The van der Waals surface area contributed by atoms with E-state index in [2.05, 4.69) is 28.2 Å². The summed E-state index contributed by atoms with van der Waals surface area (Å²) < 4.78 is 10.9. The van der Waals surface area contributed by atoms with Gasteiger partial charge in [-0.05, 0) is 11.6 Å². The molecule has 0 saturated carbocycles. The highest BCUT2D eigenvalue weighted by atomic mass is 32.2. The number of fused-ring (bicyclic) bond motifs is 2. The van der Waals surface area contributed by atoms with Crippen LogP contribution in [0.5, 0.6) is 5.75 Å². The van der Waals surface area contributed by atoms with Crippen molar-refractivity contribution in [2.75, 3.05) is 6.79 Å². The Balaban J connectivity index is 1.48. The van der Waals surface area contributed by atoms with Crippen LogP contribution in [0.3, 0.4) is 0 Å². The van der Waals surface area contributed by atoms with Crippen LogP contribution < -0.4 is 4.74 Å². The molecule has 0 bridgehead atoms. The van der Waals surface area contributed by atoms with Crippen LogP contribution in [-0.4, -0.2) is 21.7 Å². The normalized spacial score (nSPS) is 13.1. The summed E-state index contributed by atoms with van der Waals surface area (Å²) in [4.78, 5) is 21.8. The Morgan fingerprint density at radius 2 is 2.03 bits per heavy atom. The molecule has 0 aliphatic carbocycles. The number of rotatable bonds is 5. The van der Waals surface area contributed by atoms with E-state index < -0.39 is 4.92 Å². The number of non-ortho nitro benzene ring substituents is 1. The van der Waals surface area contributed by atoms with Gasteiger partial charge < -0.3 is 9.47 Å². The van der Waals surface area contributed by atoms with Crippen molar-refractivity contribution in [2.24, 2.45) is 0 Å². The minimum atomic E-state index is -0.392. The molecule has 9 heteroatoms. The lowest BCUT2D eigenvalue weighted by Gasteiger charge is -2.20. The standard InChI is InChI=1S/C21H15N3O4S2/c25-24(26)16-6-14-9-27-12-28-19(14)15(7-16)10-29-20-17-8-18(13-4-2-1-3-5-13)30-21(17)23-11-22-20/h1-8,11H,9-10,12H2. The van der Waals surface area contributed by atoms with Crippen LogP contribution in [0.15, 0.2) is 59.9 Å². The third kappa shape index (κ3) is 3.62. The summed E-state index contributed by atoms with van der Waals surface area (Å²) in [5.74, 6) is 1.16. The molecule has 0 unspecified atom stereocenters. The number of thioether (sulfide) groups is 1. The van der Waals surface area contributed by atoms with Crippen LogP contribution in [0.4, 0.5) is 5.69 Å². The fourth-order valence-electron chi connectivity index (χ4n) is 3.33. The molecule has 0 amide bonds. The predicted molar refractivity (Wildman–Crippen MR) is 116 cm³/mol. The third-order valence-electron chi connectivity index (χ3n) is 4.70. The second kappa shape index (κ2) is 8.02. The van der Waals surface area contributed by atoms with E-state index in [-0.39, 0.29) is 12.5 Å². The Hall–Kier alpha value is -3.01. The molecule has 0 atom stereocenters. The lowest BCUT2D eigenvalue weighted by Crippen LogP contribution is -2.13. The van der Waals surface area contributed by atoms with E-state index in [0.29, 0.717) is 23.7 Å². The summed E-state index contributed by atoms with van der Waals surface area (Å²) in [6, 6.07) is 15.3. The van der Waals surface area contributed by atoms with E-state index in [0.717, 1.165) is 31.2 Å². The molecule has 3 heterocycles. The molecule has 4 aromatic rings. The summed E-state index contributed by atoms with van der Waals surface area (Å²) >= 11 is 3.14. The quantitative estimate of drug-likeness (QED) is 0.178. The van der Waals surface area contributed by atoms with E-state index in [4.69, 9.17) is 9.47 Å². The van der Waals surface area contributed by atoms with Crippen LogP contribution in [0.2, 0.25) is 0 Å². The molecule has 7 nitrogen and oxygen atoms in total. The number of thiophene rings is 1. The van der Waals surface area contributed by atoms with Gasteiger partial charge in [0, 0.05) is 39.3 Å². The second-order valence-corrected chi connectivity index (χ2v) is 8.62. The number of nitro benzene ring substituents is 1. The van der Waals surface area contributed by atoms with Gasteiger partial charge in [-0.25, -0.2) is 9.97 Å². The van der Waals surface area contributed by atoms with Crippen molar-refractivity contribution >= 4 is 39.0 Å². The van der Waals surface area contributed by atoms with Gasteiger partial charge in [0.1, 0.15) is 21.9 Å². The van der Waals surface area contributed by atoms with Crippen LogP contribution in [0, 0.1) is 10.1 Å². The summed E-state index contributed by atoms with van der Waals surface area (Å²) in [6.45, 7) is 0.447. The topological polar surface area (TPSA) is 87.4 Å². The summed E-state index contributed by atoms with van der Waals surface area (Å²) in [5, 5.41) is 13.1. The fraction of sp³-hybridized carbons (Fsp3) is 0.143. The van der Waals surface area contributed by atoms with Crippen molar-refractivity contribution in [3.05, 3.63) is 76.1 Å². The number of nitrogens with zero attached hydrogens (tertiary/aromatic N) is 3. The maximum Gasteiger partial charge on any atom is 0.270 e. The van der Waals surface area contributed by atoms with Crippen LogP contribution in [0.25, 0.3) is 20.7 Å². The Morgan fingerprint density at radius 3 is 2.87 bits per heavy atom. The minimum absolute atomic E-state index is 0.0354. The average molecular weight is 438 g/mol. The van der Waals surface area contributed by atoms with Gasteiger partial charge in [-0.1, -0.05) is 30.3 Å². The molecular formula is C21H15N3O4S2. The van der Waals surface area contributed by atoms with Crippen molar-refractivity contribution in [1.29, 1.82) is 0 Å². The molecule has 150 valence electrons. The minimum Gasteiger partial charge on any atom is -0.467 e. The Kier molecular flexibility index (Phi) is 5.07. The van der Waals surface area contributed by atoms with Gasteiger partial charge >= 0.3 is 0 Å². The zero-order valence-corrected chi connectivity index (χ0v) is 17.2. The Morgan fingerprint density at radius 1 is 1.17 bits per heavy atom. The van der Waals surface area contributed by atoms with Gasteiger partial charge in [0.05, 0.1) is 11.5 Å². The molecule has 0 saturated heterocycles. The average Bonchev–Trinajstić information content (AvgIpc) is 3.23. The van der Waals surface area contributed by atoms with Crippen molar-refractivity contribution in [3.63, 3.8) is 0 Å². The van der Waals surface area contributed by atoms with Gasteiger partial charge in [-0.15, -0.1) is 23.1 Å². The van der Waals surface area contributed by atoms with Crippen molar-refractivity contribution in [2.45, 2.75) is 17.4 Å². The predicted octanol–water partition coefficient (Wildman–Crippen LogP) is 5.43. The number of nitro groups is 1.